The van der Waals surface area contributed by atoms with Gasteiger partial charge in [-0.05, 0) is 45.7 Å². The second-order valence-corrected chi connectivity index (χ2v) is 4.53. The van der Waals surface area contributed by atoms with Crippen molar-refractivity contribution in [2.24, 2.45) is 11.7 Å². The summed E-state index contributed by atoms with van der Waals surface area (Å²) in [6, 6.07) is 1.14. The molecule has 0 aromatic heterocycles. The molecule has 0 spiro atoms. The highest BCUT2D eigenvalue weighted by atomic mass is 15.1. The van der Waals surface area contributed by atoms with Gasteiger partial charge in [-0.1, -0.05) is 6.92 Å². The standard InChI is InChI=1S/C10H22N2/c1-8-4-5-10(12(2)3)7-9(11)6-8/h8-10H,4-7,11H2,1-3H3/t8-,9+,10+/m0/s1. The minimum absolute atomic E-state index is 0.426. The lowest BCUT2D eigenvalue weighted by molar-refractivity contribution is 0.259. The van der Waals surface area contributed by atoms with Crippen molar-refractivity contribution in [3.05, 3.63) is 0 Å². The van der Waals surface area contributed by atoms with Crippen LogP contribution in [0.15, 0.2) is 0 Å². The molecule has 2 heteroatoms. The Morgan fingerprint density at radius 3 is 2.42 bits per heavy atom. The molecule has 0 bridgehead atoms. The molecule has 3 atom stereocenters. The van der Waals surface area contributed by atoms with Crippen molar-refractivity contribution in [1.82, 2.24) is 4.90 Å². The van der Waals surface area contributed by atoms with Crippen molar-refractivity contribution in [2.45, 2.75) is 44.7 Å². The van der Waals surface area contributed by atoms with Crippen LogP contribution >= 0.6 is 0 Å². The first-order valence-electron chi connectivity index (χ1n) is 5.01. The Balaban J connectivity index is 2.46. The molecule has 0 saturated heterocycles. The summed E-state index contributed by atoms with van der Waals surface area (Å²) in [4.78, 5) is 2.32. The van der Waals surface area contributed by atoms with Crippen LogP contribution in [-0.2, 0) is 0 Å². The summed E-state index contributed by atoms with van der Waals surface area (Å²) in [5.74, 6) is 0.824. The van der Waals surface area contributed by atoms with E-state index in [1.165, 1.54) is 25.7 Å². The monoisotopic (exact) mass is 170 g/mol. The van der Waals surface area contributed by atoms with Gasteiger partial charge in [0.25, 0.3) is 0 Å². The van der Waals surface area contributed by atoms with E-state index >= 15 is 0 Å². The summed E-state index contributed by atoms with van der Waals surface area (Å²) in [7, 11) is 4.32. The second-order valence-electron chi connectivity index (χ2n) is 4.53. The van der Waals surface area contributed by atoms with E-state index in [1.807, 2.05) is 0 Å². The van der Waals surface area contributed by atoms with E-state index in [4.69, 9.17) is 5.73 Å². The molecule has 0 radical (unpaired) electrons. The van der Waals surface area contributed by atoms with E-state index in [0.717, 1.165) is 5.92 Å². The fourth-order valence-corrected chi connectivity index (χ4v) is 2.14. The van der Waals surface area contributed by atoms with Crippen molar-refractivity contribution < 1.29 is 0 Å². The van der Waals surface area contributed by atoms with Crippen LogP contribution in [0.4, 0.5) is 0 Å². The molecule has 2 N–H and O–H groups in total. The normalized spacial score (nSPS) is 38.2. The molecule has 1 aliphatic rings. The van der Waals surface area contributed by atoms with Crippen molar-refractivity contribution >= 4 is 0 Å². The van der Waals surface area contributed by atoms with E-state index in [-0.39, 0.29) is 0 Å². The summed E-state index contributed by atoms with van der Waals surface area (Å²) in [6.45, 7) is 2.32. The van der Waals surface area contributed by atoms with Gasteiger partial charge in [-0.2, -0.15) is 0 Å². The maximum Gasteiger partial charge on any atom is 0.0104 e. The zero-order valence-electron chi connectivity index (χ0n) is 8.59. The fraction of sp³-hybridized carbons (Fsp3) is 1.00. The number of nitrogens with zero attached hydrogens (tertiary/aromatic N) is 1. The Labute approximate surface area is 76.1 Å². The second kappa shape index (κ2) is 4.24. The first-order chi connectivity index (χ1) is 5.59. The maximum absolute atomic E-state index is 6.03. The number of hydrogen-bond donors (Lipinski definition) is 1. The molecule has 1 saturated carbocycles. The Kier molecular flexibility index (Phi) is 3.53. The van der Waals surface area contributed by atoms with Gasteiger partial charge in [-0.25, -0.2) is 0 Å². The van der Waals surface area contributed by atoms with Gasteiger partial charge >= 0.3 is 0 Å². The minimum atomic E-state index is 0.426. The summed E-state index contributed by atoms with van der Waals surface area (Å²) in [5.41, 5.74) is 6.03. The number of rotatable bonds is 1. The molecule has 0 aromatic carbocycles. The summed E-state index contributed by atoms with van der Waals surface area (Å²) in [6.07, 6.45) is 5.06. The molecule has 0 aromatic rings. The summed E-state index contributed by atoms with van der Waals surface area (Å²) >= 11 is 0. The molecule has 0 aliphatic heterocycles. The van der Waals surface area contributed by atoms with Crippen LogP contribution in [-0.4, -0.2) is 31.1 Å². The lowest BCUT2D eigenvalue weighted by Crippen LogP contribution is -2.33. The molecular formula is C10H22N2. The predicted octanol–water partition coefficient (Wildman–Crippen LogP) is 1.45. The van der Waals surface area contributed by atoms with Crippen LogP contribution in [0.5, 0.6) is 0 Å². The van der Waals surface area contributed by atoms with E-state index in [1.54, 1.807) is 0 Å². The third-order valence-electron chi connectivity index (χ3n) is 3.00. The number of hydrogen-bond acceptors (Lipinski definition) is 2. The Morgan fingerprint density at radius 1 is 1.17 bits per heavy atom. The van der Waals surface area contributed by atoms with Gasteiger partial charge < -0.3 is 10.6 Å². The lowest BCUT2D eigenvalue weighted by atomic mass is 10.0. The SMILES string of the molecule is C[C@H]1CC[C@@H](N(C)C)C[C@H](N)C1. The van der Waals surface area contributed by atoms with E-state index in [9.17, 15) is 0 Å². The van der Waals surface area contributed by atoms with E-state index in [0.29, 0.717) is 12.1 Å². The molecule has 1 aliphatic carbocycles. The van der Waals surface area contributed by atoms with E-state index < -0.39 is 0 Å². The van der Waals surface area contributed by atoms with Gasteiger partial charge in [0, 0.05) is 12.1 Å². The first kappa shape index (κ1) is 10.0. The van der Waals surface area contributed by atoms with Crippen molar-refractivity contribution in [3.63, 3.8) is 0 Å². The van der Waals surface area contributed by atoms with Crippen molar-refractivity contribution in [2.75, 3.05) is 14.1 Å². The van der Waals surface area contributed by atoms with Gasteiger partial charge in [0.1, 0.15) is 0 Å². The molecule has 2 nitrogen and oxygen atoms in total. The van der Waals surface area contributed by atoms with Crippen molar-refractivity contribution in [1.29, 1.82) is 0 Å². The molecular weight excluding hydrogens is 148 g/mol. The molecule has 0 unspecified atom stereocenters. The zero-order chi connectivity index (χ0) is 9.14. The molecule has 72 valence electrons. The van der Waals surface area contributed by atoms with Crippen LogP contribution in [0.3, 0.4) is 0 Å². The zero-order valence-corrected chi connectivity index (χ0v) is 8.59. The minimum Gasteiger partial charge on any atom is -0.328 e. The average molecular weight is 170 g/mol. The van der Waals surface area contributed by atoms with Crippen LogP contribution in [0.25, 0.3) is 0 Å². The van der Waals surface area contributed by atoms with E-state index in [2.05, 4.69) is 25.9 Å². The lowest BCUT2D eigenvalue weighted by Gasteiger charge is -2.24. The molecule has 1 fully saturated rings. The van der Waals surface area contributed by atoms with Crippen molar-refractivity contribution in [3.8, 4) is 0 Å². The third kappa shape index (κ3) is 2.76. The molecule has 1 rings (SSSR count). The highest BCUT2D eigenvalue weighted by molar-refractivity contribution is 4.80. The third-order valence-corrected chi connectivity index (χ3v) is 3.00. The highest BCUT2D eigenvalue weighted by Gasteiger charge is 2.22. The van der Waals surface area contributed by atoms with Gasteiger partial charge in [0.05, 0.1) is 0 Å². The molecule has 12 heavy (non-hydrogen) atoms. The Bertz CT molecular complexity index is 134. The Hall–Kier alpha value is -0.0800. The number of nitrogens with two attached hydrogens (primary N) is 1. The van der Waals surface area contributed by atoms with Gasteiger partial charge in [-0.15, -0.1) is 0 Å². The maximum atomic E-state index is 6.03. The molecule has 0 heterocycles. The largest absolute Gasteiger partial charge is 0.328 e. The smallest absolute Gasteiger partial charge is 0.0104 e. The first-order valence-corrected chi connectivity index (χ1v) is 5.01. The van der Waals surface area contributed by atoms with Crippen LogP contribution in [0, 0.1) is 5.92 Å². The Morgan fingerprint density at radius 2 is 1.83 bits per heavy atom. The quantitative estimate of drug-likeness (QED) is 0.604. The fourth-order valence-electron chi connectivity index (χ4n) is 2.14. The van der Waals surface area contributed by atoms with Crippen LogP contribution < -0.4 is 5.73 Å². The van der Waals surface area contributed by atoms with Gasteiger partial charge in [0.15, 0.2) is 0 Å². The predicted molar refractivity (Wildman–Crippen MR) is 53.1 cm³/mol. The highest BCUT2D eigenvalue weighted by Crippen LogP contribution is 2.23. The summed E-state index contributed by atoms with van der Waals surface area (Å²) in [5, 5.41) is 0. The average Bonchev–Trinajstić information content (AvgIpc) is 2.11. The van der Waals surface area contributed by atoms with Crippen LogP contribution in [0.2, 0.25) is 0 Å². The van der Waals surface area contributed by atoms with Crippen LogP contribution in [0.1, 0.15) is 32.6 Å². The topological polar surface area (TPSA) is 29.3 Å². The summed E-state index contributed by atoms with van der Waals surface area (Å²) < 4.78 is 0. The van der Waals surface area contributed by atoms with Gasteiger partial charge in [-0.3, -0.25) is 0 Å². The molecule has 0 amide bonds. The van der Waals surface area contributed by atoms with Gasteiger partial charge in [0.2, 0.25) is 0 Å².